The molecule has 0 aliphatic rings. The van der Waals surface area contributed by atoms with E-state index in [4.69, 9.17) is 5.11 Å². The van der Waals surface area contributed by atoms with Gasteiger partial charge in [-0.15, -0.1) is 17.0 Å². The van der Waals surface area contributed by atoms with Gasteiger partial charge >= 0.3 is 5.97 Å². The summed E-state index contributed by atoms with van der Waals surface area (Å²) in [4.78, 5) is 15.0. The van der Waals surface area contributed by atoms with E-state index >= 15 is 0 Å². The number of carboxylic acids is 1. The van der Waals surface area contributed by atoms with E-state index in [1.165, 1.54) is 12.8 Å². The number of nitrogens with zero attached hydrogens (tertiary/aromatic N) is 2. The fourth-order valence-corrected chi connectivity index (χ4v) is 1.46. The minimum absolute atomic E-state index is 0. The van der Waals surface area contributed by atoms with Crippen LogP contribution in [0.4, 0.5) is 0 Å². The summed E-state index contributed by atoms with van der Waals surface area (Å²) < 4.78 is 0. The quantitative estimate of drug-likeness (QED) is 0.523. The molecule has 18 heavy (non-hydrogen) atoms. The number of halogens is 1. The zero-order chi connectivity index (χ0) is 13.3. The van der Waals surface area contributed by atoms with Gasteiger partial charge in [0, 0.05) is 31.4 Å². The zero-order valence-corrected chi connectivity index (χ0v) is 13.7. The third-order valence-electron chi connectivity index (χ3n) is 2.60. The van der Waals surface area contributed by atoms with Crippen molar-refractivity contribution < 1.29 is 9.90 Å². The minimum Gasteiger partial charge on any atom is -0.478 e. The van der Waals surface area contributed by atoms with E-state index in [-0.39, 0.29) is 17.0 Å². The molecule has 0 spiro atoms. The number of carboxylic acid groups (broad SMARTS) is 1. The van der Waals surface area contributed by atoms with Crippen LogP contribution in [0.25, 0.3) is 0 Å². The molecule has 0 bridgehead atoms. The van der Waals surface area contributed by atoms with Crippen molar-refractivity contribution in [1.82, 2.24) is 9.80 Å². The molecule has 0 saturated heterocycles. The second-order valence-electron chi connectivity index (χ2n) is 4.66. The molecule has 0 heterocycles. The largest absolute Gasteiger partial charge is 0.478 e. The fourth-order valence-electron chi connectivity index (χ4n) is 1.46. The maximum atomic E-state index is 10.8. The molecular weight excluding hydrogens is 296 g/mol. The Hall–Kier alpha value is -0.550. The molecule has 4 nitrogen and oxygen atoms in total. The van der Waals surface area contributed by atoms with Crippen molar-refractivity contribution in [3.8, 4) is 0 Å². The van der Waals surface area contributed by atoms with Crippen LogP contribution in [-0.4, -0.2) is 54.6 Å². The highest BCUT2D eigenvalue weighted by Gasteiger charge is 2.05. The molecule has 0 aromatic carbocycles. The van der Waals surface area contributed by atoms with E-state index < -0.39 is 5.97 Å². The summed E-state index contributed by atoms with van der Waals surface area (Å²) in [5.74, 6) is -0.838. The molecule has 0 aromatic heterocycles. The van der Waals surface area contributed by atoms with Gasteiger partial charge in [-0.2, -0.15) is 0 Å². The minimum atomic E-state index is -0.838. The van der Waals surface area contributed by atoms with Gasteiger partial charge < -0.3 is 14.9 Å². The number of aliphatic carboxylic acids is 1. The van der Waals surface area contributed by atoms with E-state index in [2.05, 4.69) is 16.7 Å². The van der Waals surface area contributed by atoms with Gasteiger partial charge in [-0.25, -0.2) is 4.79 Å². The molecule has 0 unspecified atom stereocenters. The molecule has 1 N–H and O–H groups in total. The zero-order valence-electron chi connectivity index (χ0n) is 12.0. The first-order valence-corrected chi connectivity index (χ1v) is 6.27. The first kappa shape index (κ1) is 19.8. The van der Waals surface area contributed by atoms with Gasteiger partial charge in [0.05, 0.1) is 0 Å². The molecule has 0 amide bonds. The van der Waals surface area contributed by atoms with E-state index in [1.54, 1.807) is 13.1 Å². The number of carbonyl (C=O) groups is 1. The topological polar surface area (TPSA) is 43.8 Å². The summed E-state index contributed by atoms with van der Waals surface area (Å²) in [6.45, 7) is 6.57. The molecule has 5 heteroatoms. The molecule has 0 aromatic rings. The molecule has 0 aliphatic carbocycles. The Labute approximate surface area is 121 Å². The lowest BCUT2D eigenvalue weighted by molar-refractivity contribution is -0.132. The first-order chi connectivity index (χ1) is 7.97. The number of hydrogen-bond donors (Lipinski definition) is 1. The van der Waals surface area contributed by atoms with Crippen molar-refractivity contribution in [2.24, 2.45) is 0 Å². The van der Waals surface area contributed by atoms with Crippen LogP contribution < -0.4 is 0 Å². The lowest BCUT2D eigenvalue weighted by Crippen LogP contribution is -2.29. The Bertz CT molecular complexity index is 255. The molecule has 0 fully saturated rings. The van der Waals surface area contributed by atoms with E-state index in [0.717, 1.165) is 26.1 Å². The second-order valence-corrected chi connectivity index (χ2v) is 4.66. The average Bonchev–Trinajstić information content (AvgIpc) is 2.25. The van der Waals surface area contributed by atoms with Crippen LogP contribution in [0, 0.1) is 0 Å². The number of likely N-dealkylation sites (N-methyl/N-ethyl adjacent to an activating group) is 1. The van der Waals surface area contributed by atoms with E-state index in [1.807, 2.05) is 14.1 Å². The molecule has 0 radical (unpaired) electrons. The van der Waals surface area contributed by atoms with Gasteiger partial charge in [0.25, 0.3) is 0 Å². The summed E-state index contributed by atoms with van der Waals surface area (Å²) in [6, 6.07) is 0. The summed E-state index contributed by atoms with van der Waals surface area (Å²) >= 11 is 0. The Kier molecular flexibility index (Phi) is 12.7. The fraction of sp³-hybridized carbons (Fsp3) is 0.769. The first-order valence-electron chi connectivity index (χ1n) is 6.27. The van der Waals surface area contributed by atoms with Crippen LogP contribution in [0.1, 0.15) is 33.1 Å². The summed E-state index contributed by atoms with van der Waals surface area (Å²) in [5, 5.41) is 8.87. The number of hydrogen-bond acceptors (Lipinski definition) is 3. The number of unbranched alkanes of at least 4 members (excludes halogenated alkanes) is 2. The van der Waals surface area contributed by atoms with Crippen LogP contribution in [0.15, 0.2) is 11.8 Å². The highest BCUT2D eigenvalue weighted by atomic mass is 79.9. The Morgan fingerprint density at radius 3 is 2.22 bits per heavy atom. The maximum absolute atomic E-state index is 10.8. The second kappa shape index (κ2) is 11.5. The molecule has 0 saturated carbocycles. The van der Waals surface area contributed by atoms with Crippen LogP contribution in [0.3, 0.4) is 0 Å². The highest BCUT2D eigenvalue weighted by molar-refractivity contribution is 8.93. The van der Waals surface area contributed by atoms with Crippen molar-refractivity contribution in [1.29, 1.82) is 0 Å². The van der Waals surface area contributed by atoms with Gasteiger partial charge in [0.2, 0.25) is 0 Å². The van der Waals surface area contributed by atoms with Gasteiger partial charge in [0.1, 0.15) is 0 Å². The smallest absolute Gasteiger partial charge is 0.332 e. The van der Waals surface area contributed by atoms with Crippen molar-refractivity contribution >= 4 is 23.0 Å². The third-order valence-corrected chi connectivity index (χ3v) is 2.60. The van der Waals surface area contributed by atoms with Crippen molar-refractivity contribution in [3.05, 3.63) is 11.8 Å². The molecule has 108 valence electrons. The van der Waals surface area contributed by atoms with Crippen LogP contribution in [0.2, 0.25) is 0 Å². The van der Waals surface area contributed by atoms with Crippen LogP contribution in [-0.2, 0) is 4.79 Å². The molecule has 0 rings (SSSR count). The normalized spacial score (nSPS) is 11.3. The van der Waals surface area contributed by atoms with Gasteiger partial charge in [-0.05, 0) is 27.4 Å². The maximum Gasteiger partial charge on any atom is 0.332 e. The molecular formula is C13H27BrN2O2. The van der Waals surface area contributed by atoms with E-state index in [9.17, 15) is 4.79 Å². The Balaban J connectivity index is 0. The Morgan fingerprint density at radius 1 is 1.17 bits per heavy atom. The van der Waals surface area contributed by atoms with Crippen molar-refractivity contribution in [3.63, 3.8) is 0 Å². The van der Waals surface area contributed by atoms with Crippen molar-refractivity contribution in [2.45, 2.75) is 33.1 Å². The predicted octanol–water partition coefficient (Wildman–Crippen LogP) is 2.61. The van der Waals surface area contributed by atoms with Gasteiger partial charge in [0.15, 0.2) is 0 Å². The highest BCUT2D eigenvalue weighted by Crippen LogP contribution is 2.03. The molecule has 0 aliphatic heterocycles. The lowest BCUT2D eigenvalue weighted by atomic mass is 10.2. The van der Waals surface area contributed by atoms with Gasteiger partial charge in [-0.3, -0.25) is 0 Å². The van der Waals surface area contributed by atoms with E-state index in [0.29, 0.717) is 5.57 Å². The number of rotatable bonds is 9. The lowest BCUT2D eigenvalue weighted by Gasteiger charge is -2.23. The monoisotopic (exact) mass is 322 g/mol. The summed E-state index contributed by atoms with van der Waals surface area (Å²) in [7, 11) is 4.05. The predicted molar refractivity (Wildman–Crippen MR) is 81.4 cm³/mol. The van der Waals surface area contributed by atoms with Crippen LogP contribution in [0.5, 0.6) is 0 Å². The average molecular weight is 323 g/mol. The molecule has 0 atom stereocenters. The SMILES string of the molecule is Br.CCCCCN(C=C(C)C(=O)O)CCN(C)C. The summed E-state index contributed by atoms with van der Waals surface area (Å²) in [6.07, 6.45) is 5.26. The Morgan fingerprint density at radius 2 is 1.78 bits per heavy atom. The third kappa shape index (κ3) is 10.6. The standard InChI is InChI=1S/C13H26N2O2.BrH/c1-5-6-7-8-15(10-9-14(3)4)11-12(2)13(16)17;/h11H,5-10H2,1-4H3,(H,16,17);1H. The van der Waals surface area contributed by atoms with Crippen LogP contribution >= 0.6 is 17.0 Å². The van der Waals surface area contributed by atoms with Gasteiger partial charge in [-0.1, -0.05) is 19.8 Å². The summed E-state index contributed by atoms with van der Waals surface area (Å²) in [5.41, 5.74) is 0.403. The van der Waals surface area contributed by atoms with Crippen molar-refractivity contribution in [2.75, 3.05) is 33.7 Å².